The summed E-state index contributed by atoms with van der Waals surface area (Å²) in [6.07, 6.45) is 1.30. The first-order chi connectivity index (χ1) is 13.0. The molecule has 0 fully saturated rings. The van der Waals surface area contributed by atoms with Gasteiger partial charge >= 0.3 is 0 Å². The first-order valence-electron chi connectivity index (χ1n) is 7.71. The molecule has 0 saturated heterocycles. The molecular weight excluding hydrogens is 390 g/mol. The van der Waals surface area contributed by atoms with Crippen molar-refractivity contribution in [3.8, 4) is 17.4 Å². The first-order valence-corrected chi connectivity index (χ1v) is 8.46. The predicted octanol–water partition coefficient (Wildman–Crippen LogP) is 5.94. The molecule has 1 heterocycles. The fraction of sp³-hybridized carbons (Fsp3) is 0. The van der Waals surface area contributed by atoms with Gasteiger partial charge in [-0.15, -0.1) is 0 Å². The predicted molar refractivity (Wildman–Crippen MR) is 103 cm³/mol. The highest BCUT2D eigenvalue weighted by Crippen LogP contribution is 2.35. The third kappa shape index (κ3) is 4.37. The van der Waals surface area contributed by atoms with Crippen LogP contribution in [0.1, 0.15) is 5.76 Å². The van der Waals surface area contributed by atoms with Crippen molar-refractivity contribution < 1.29 is 13.6 Å². The Hall–Kier alpha value is -3.07. The van der Waals surface area contributed by atoms with Crippen molar-refractivity contribution in [3.05, 3.63) is 81.8 Å². The summed E-state index contributed by atoms with van der Waals surface area (Å²) >= 11 is 12.3. The van der Waals surface area contributed by atoms with Crippen LogP contribution in [0.5, 0.6) is 0 Å². The van der Waals surface area contributed by atoms with E-state index in [0.29, 0.717) is 27.1 Å². The van der Waals surface area contributed by atoms with E-state index in [1.165, 1.54) is 30.3 Å². The van der Waals surface area contributed by atoms with Gasteiger partial charge in [-0.05, 0) is 48.5 Å². The van der Waals surface area contributed by atoms with Crippen molar-refractivity contribution in [1.82, 2.24) is 0 Å². The lowest BCUT2D eigenvalue weighted by Gasteiger charge is -2.04. The van der Waals surface area contributed by atoms with E-state index in [-0.39, 0.29) is 11.3 Å². The molecule has 1 aromatic heterocycles. The number of halogens is 3. The quantitative estimate of drug-likeness (QED) is 0.435. The van der Waals surface area contributed by atoms with Gasteiger partial charge in [-0.25, -0.2) is 4.39 Å². The molecule has 4 nitrogen and oxygen atoms in total. The maximum Gasteiger partial charge on any atom is 0.266 e. The van der Waals surface area contributed by atoms with E-state index in [4.69, 9.17) is 27.6 Å². The number of amides is 1. The van der Waals surface area contributed by atoms with E-state index in [9.17, 15) is 14.4 Å². The number of nitriles is 1. The summed E-state index contributed by atoms with van der Waals surface area (Å²) < 4.78 is 18.6. The van der Waals surface area contributed by atoms with Gasteiger partial charge in [-0.3, -0.25) is 4.79 Å². The summed E-state index contributed by atoms with van der Waals surface area (Å²) in [4.78, 5) is 12.2. The second-order valence-corrected chi connectivity index (χ2v) is 6.24. The zero-order chi connectivity index (χ0) is 19.4. The van der Waals surface area contributed by atoms with Crippen molar-refractivity contribution in [3.63, 3.8) is 0 Å². The van der Waals surface area contributed by atoms with Gasteiger partial charge < -0.3 is 9.73 Å². The number of carbonyl (C=O) groups excluding carboxylic acids is 1. The van der Waals surface area contributed by atoms with Crippen molar-refractivity contribution in [2.75, 3.05) is 5.32 Å². The minimum atomic E-state index is -0.641. The Morgan fingerprint density at radius 2 is 1.74 bits per heavy atom. The number of hydrogen-bond donors (Lipinski definition) is 1. The number of nitrogens with zero attached hydrogens (tertiary/aromatic N) is 1. The fourth-order valence-corrected chi connectivity index (χ4v) is 2.90. The Bertz CT molecular complexity index is 1050. The molecule has 0 saturated carbocycles. The molecular formula is C20H11Cl2FN2O2. The molecule has 0 bridgehead atoms. The minimum Gasteiger partial charge on any atom is -0.457 e. The van der Waals surface area contributed by atoms with E-state index in [2.05, 4.69) is 5.32 Å². The number of anilines is 1. The molecule has 27 heavy (non-hydrogen) atoms. The summed E-state index contributed by atoms with van der Waals surface area (Å²) in [6.45, 7) is 0. The molecule has 1 N–H and O–H groups in total. The first kappa shape index (κ1) is 18.7. The third-order valence-corrected chi connectivity index (χ3v) is 4.22. The van der Waals surface area contributed by atoms with Crippen LogP contribution < -0.4 is 5.32 Å². The van der Waals surface area contributed by atoms with Crippen LogP contribution >= 0.6 is 23.2 Å². The molecule has 134 valence electrons. The maximum atomic E-state index is 12.9. The van der Waals surface area contributed by atoms with Gasteiger partial charge in [0.25, 0.3) is 5.91 Å². The molecule has 0 aliphatic heterocycles. The van der Waals surface area contributed by atoms with Crippen LogP contribution in [-0.4, -0.2) is 5.91 Å². The second kappa shape index (κ2) is 8.09. The van der Waals surface area contributed by atoms with Crippen LogP contribution in [0.15, 0.2) is 64.6 Å². The van der Waals surface area contributed by atoms with Crippen LogP contribution in [0, 0.1) is 17.1 Å². The molecule has 3 rings (SSSR count). The van der Waals surface area contributed by atoms with E-state index in [1.54, 1.807) is 30.3 Å². The number of rotatable bonds is 4. The van der Waals surface area contributed by atoms with E-state index < -0.39 is 11.7 Å². The smallest absolute Gasteiger partial charge is 0.266 e. The minimum absolute atomic E-state index is 0.175. The van der Waals surface area contributed by atoms with Gasteiger partial charge in [-0.1, -0.05) is 29.3 Å². The molecule has 0 aliphatic rings. The Kier molecular flexibility index (Phi) is 5.60. The summed E-state index contributed by atoms with van der Waals surface area (Å²) in [6, 6.07) is 15.3. The molecule has 0 unspecified atom stereocenters. The normalized spacial score (nSPS) is 11.1. The molecule has 0 atom stereocenters. The molecule has 3 aromatic rings. The number of nitrogens with one attached hydrogen (secondary N) is 1. The van der Waals surface area contributed by atoms with E-state index in [1.807, 2.05) is 6.07 Å². The van der Waals surface area contributed by atoms with Crippen LogP contribution in [0.25, 0.3) is 17.4 Å². The third-order valence-electron chi connectivity index (χ3n) is 3.59. The van der Waals surface area contributed by atoms with E-state index >= 15 is 0 Å². The molecule has 7 heteroatoms. The zero-order valence-electron chi connectivity index (χ0n) is 13.7. The van der Waals surface area contributed by atoms with Gasteiger partial charge in [0.15, 0.2) is 0 Å². The van der Waals surface area contributed by atoms with Gasteiger partial charge in [0.2, 0.25) is 0 Å². The lowest BCUT2D eigenvalue weighted by molar-refractivity contribution is -0.112. The standard InChI is InChI=1S/C20H11Cl2FN2O2/c21-16-2-1-3-17(22)19(16)18-9-8-15(27-18)10-12(11-24)20(26)25-14-6-4-13(23)5-7-14/h1-10H,(H,25,26). The molecule has 0 aliphatic carbocycles. The zero-order valence-corrected chi connectivity index (χ0v) is 15.2. The fourth-order valence-electron chi connectivity index (χ4n) is 2.32. The highest BCUT2D eigenvalue weighted by atomic mass is 35.5. The molecule has 1 amide bonds. The number of benzene rings is 2. The van der Waals surface area contributed by atoms with Crippen LogP contribution in [0.4, 0.5) is 10.1 Å². The molecule has 0 spiro atoms. The van der Waals surface area contributed by atoms with Crippen molar-refractivity contribution in [2.24, 2.45) is 0 Å². The summed E-state index contributed by atoms with van der Waals surface area (Å²) in [5.41, 5.74) is 0.714. The van der Waals surface area contributed by atoms with Crippen molar-refractivity contribution in [2.45, 2.75) is 0 Å². The maximum absolute atomic E-state index is 12.9. The summed E-state index contributed by atoms with van der Waals surface area (Å²) in [7, 11) is 0. The molecule has 0 radical (unpaired) electrons. The SMILES string of the molecule is N#CC(=Cc1ccc(-c2c(Cl)cccc2Cl)o1)C(=O)Nc1ccc(F)cc1. The van der Waals surface area contributed by atoms with Crippen molar-refractivity contribution >= 4 is 40.9 Å². The Morgan fingerprint density at radius 3 is 2.37 bits per heavy atom. The largest absolute Gasteiger partial charge is 0.457 e. The van der Waals surface area contributed by atoms with Gasteiger partial charge in [0, 0.05) is 11.8 Å². The Morgan fingerprint density at radius 1 is 1.07 bits per heavy atom. The number of carbonyl (C=O) groups is 1. The lowest BCUT2D eigenvalue weighted by atomic mass is 10.2. The Balaban J connectivity index is 1.84. The van der Waals surface area contributed by atoms with Crippen LogP contribution in [0.2, 0.25) is 10.0 Å². The topological polar surface area (TPSA) is 66.0 Å². The monoisotopic (exact) mass is 400 g/mol. The number of hydrogen-bond acceptors (Lipinski definition) is 3. The summed E-state index contributed by atoms with van der Waals surface area (Å²) in [5, 5.41) is 12.6. The summed E-state index contributed by atoms with van der Waals surface area (Å²) in [5.74, 6) is -0.372. The van der Waals surface area contributed by atoms with Crippen molar-refractivity contribution in [1.29, 1.82) is 5.26 Å². The second-order valence-electron chi connectivity index (χ2n) is 5.43. The number of furan rings is 1. The molecule has 2 aromatic carbocycles. The van der Waals surface area contributed by atoms with Crippen LogP contribution in [-0.2, 0) is 4.79 Å². The highest BCUT2D eigenvalue weighted by Gasteiger charge is 2.14. The van der Waals surface area contributed by atoms with Gasteiger partial charge in [0.05, 0.1) is 15.6 Å². The Labute approximate surface area is 164 Å². The highest BCUT2D eigenvalue weighted by molar-refractivity contribution is 6.39. The average molecular weight is 401 g/mol. The lowest BCUT2D eigenvalue weighted by Crippen LogP contribution is -2.13. The van der Waals surface area contributed by atoms with Gasteiger partial charge in [0.1, 0.15) is 29.0 Å². The van der Waals surface area contributed by atoms with Gasteiger partial charge in [-0.2, -0.15) is 5.26 Å². The van der Waals surface area contributed by atoms with E-state index in [0.717, 1.165) is 0 Å². The average Bonchev–Trinajstić information content (AvgIpc) is 3.09. The van der Waals surface area contributed by atoms with Crippen LogP contribution in [0.3, 0.4) is 0 Å².